The topological polar surface area (TPSA) is 70.0 Å². The highest BCUT2D eigenvalue weighted by atomic mass is 16.6. The summed E-state index contributed by atoms with van der Waals surface area (Å²) in [6.45, 7) is 5.28. The Morgan fingerprint density at radius 1 is 1.31 bits per heavy atom. The molecular formula is C24H33NO4. The van der Waals surface area contributed by atoms with Crippen molar-refractivity contribution in [1.29, 1.82) is 0 Å². The standard InChI is InChI=1S/C24H33NO4/c1-15-8-7-11-17-12-20-21(22(27)24(15,17)2)18(23(28)29-20)13-25(3)14-19(26)16-9-5-4-6-10-16/h4-6,9-11,15,18-22,26-27H,7-8,12-14H2,1-3H3/t15-,18+,19+,20-,21-,22+,24-/m1/s1. The van der Waals surface area contributed by atoms with Gasteiger partial charge in [-0.1, -0.05) is 55.8 Å². The Labute approximate surface area is 173 Å². The van der Waals surface area contributed by atoms with E-state index in [1.807, 2.05) is 42.3 Å². The third-order valence-corrected chi connectivity index (χ3v) is 7.75. The van der Waals surface area contributed by atoms with E-state index in [1.54, 1.807) is 0 Å². The quantitative estimate of drug-likeness (QED) is 0.589. The maximum atomic E-state index is 12.7. The van der Waals surface area contributed by atoms with Crippen LogP contribution in [0.1, 0.15) is 44.8 Å². The minimum Gasteiger partial charge on any atom is -0.461 e. The van der Waals surface area contributed by atoms with Crippen molar-refractivity contribution in [2.75, 3.05) is 20.1 Å². The number of allylic oxidation sites excluding steroid dienone is 1. The molecule has 5 nitrogen and oxygen atoms in total. The summed E-state index contributed by atoms with van der Waals surface area (Å²) in [5, 5.41) is 22.0. The van der Waals surface area contributed by atoms with E-state index in [2.05, 4.69) is 19.9 Å². The van der Waals surface area contributed by atoms with E-state index in [0.717, 1.165) is 24.8 Å². The fourth-order valence-corrected chi connectivity index (χ4v) is 5.76. The molecule has 4 rings (SSSR count). The number of aliphatic hydroxyl groups is 2. The largest absolute Gasteiger partial charge is 0.461 e. The Kier molecular flexibility index (Phi) is 5.58. The predicted octanol–water partition coefficient (Wildman–Crippen LogP) is 2.94. The number of benzene rings is 1. The van der Waals surface area contributed by atoms with Gasteiger partial charge in [-0.05, 0) is 31.4 Å². The molecule has 0 unspecified atom stereocenters. The molecule has 29 heavy (non-hydrogen) atoms. The summed E-state index contributed by atoms with van der Waals surface area (Å²) < 4.78 is 5.74. The van der Waals surface area contributed by atoms with Crippen molar-refractivity contribution in [2.24, 2.45) is 23.2 Å². The molecule has 2 fully saturated rings. The molecule has 0 spiro atoms. The summed E-state index contributed by atoms with van der Waals surface area (Å²) in [6.07, 6.45) is 3.65. The second kappa shape index (κ2) is 7.86. The molecule has 1 saturated heterocycles. The van der Waals surface area contributed by atoms with Crippen LogP contribution in [0.15, 0.2) is 42.0 Å². The highest BCUT2D eigenvalue weighted by molar-refractivity contribution is 5.76. The highest BCUT2D eigenvalue weighted by Gasteiger charge is 2.59. The summed E-state index contributed by atoms with van der Waals surface area (Å²) >= 11 is 0. The molecule has 1 aliphatic heterocycles. The lowest BCUT2D eigenvalue weighted by molar-refractivity contribution is -0.145. The number of carbonyl (C=O) groups is 1. The van der Waals surface area contributed by atoms with Crippen molar-refractivity contribution in [3.63, 3.8) is 0 Å². The van der Waals surface area contributed by atoms with Gasteiger partial charge in [-0.25, -0.2) is 0 Å². The van der Waals surface area contributed by atoms with E-state index in [9.17, 15) is 15.0 Å². The van der Waals surface area contributed by atoms with Crippen molar-refractivity contribution in [2.45, 2.75) is 51.4 Å². The lowest BCUT2D eigenvalue weighted by Crippen LogP contribution is -2.54. The lowest BCUT2D eigenvalue weighted by atomic mass is 9.55. The van der Waals surface area contributed by atoms with Gasteiger partial charge in [0.25, 0.3) is 0 Å². The molecule has 158 valence electrons. The number of nitrogens with zero attached hydrogens (tertiary/aromatic N) is 1. The van der Waals surface area contributed by atoms with E-state index in [-0.39, 0.29) is 29.3 Å². The number of carbonyl (C=O) groups excluding carboxylic acids is 1. The maximum Gasteiger partial charge on any atom is 0.311 e. The fourth-order valence-electron chi connectivity index (χ4n) is 5.76. The average Bonchev–Trinajstić information content (AvgIpc) is 3.00. The second-order valence-electron chi connectivity index (χ2n) is 9.45. The highest BCUT2D eigenvalue weighted by Crippen LogP contribution is 2.56. The molecular weight excluding hydrogens is 366 g/mol. The van der Waals surface area contributed by atoms with Crippen molar-refractivity contribution in [3.8, 4) is 0 Å². The average molecular weight is 400 g/mol. The Balaban J connectivity index is 1.49. The zero-order valence-electron chi connectivity index (χ0n) is 17.6. The van der Waals surface area contributed by atoms with Gasteiger partial charge in [0, 0.05) is 30.8 Å². The minimum atomic E-state index is -0.615. The molecule has 0 bridgehead atoms. The van der Waals surface area contributed by atoms with Gasteiger partial charge in [-0.15, -0.1) is 0 Å². The third-order valence-electron chi connectivity index (χ3n) is 7.75. The van der Waals surface area contributed by atoms with Gasteiger partial charge < -0.3 is 19.8 Å². The van der Waals surface area contributed by atoms with Gasteiger partial charge in [0.1, 0.15) is 6.10 Å². The first-order valence-electron chi connectivity index (χ1n) is 10.8. The molecule has 1 aromatic carbocycles. The number of hydrogen-bond donors (Lipinski definition) is 2. The first-order valence-corrected chi connectivity index (χ1v) is 10.8. The monoisotopic (exact) mass is 399 g/mol. The van der Waals surface area contributed by atoms with Gasteiger partial charge in [0.15, 0.2) is 0 Å². The van der Waals surface area contributed by atoms with Crippen molar-refractivity contribution in [1.82, 2.24) is 4.90 Å². The zero-order valence-corrected chi connectivity index (χ0v) is 17.6. The summed E-state index contributed by atoms with van der Waals surface area (Å²) in [4.78, 5) is 14.7. The van der Waals surface area contributed by atoms with Crippen LogP contribution in [0.5, 0.6) is 0 Å². The number of rotatable bonds is 5. The normalized spacial score (nSPS) is 37.5. The van der Waals surface area contributed by atoms with Gasteiger partial charge in [0.2, 0.25) is 0 Å². The van der Waals surface area contributed by atoms with E-state index in [4.69, 9.17) is 4.74 Å². The first kappa shape index (κ1) is 20.6. The van der Waals surface area contributed by atoms with Crippen molar-refractivity contribution >= 4 is 5.97 Å². The minimum absolute atomic E-state index is 0.193. The van der Waals surface area contributed by atoms with Crippen LogP contribution in [-0.2, 0) is 9.53 Å². The summed E-state index contributed by atoms with van der Waals surface area (Å²) in [6, 6.07) is 9.56. The molecule has 1 aromatic rings. The van der Waals surface area contributed by atoms with E-state index in [1.165, 1.54) is 5.57 Å². The van der Waals surface area contributed by atoms with Crippen LogP contribution in [0.25, 0.3) is 0 Å². The molecule has 2 N–H and O–H groups in total. The van der Waals surface area contributed by atoms with E-state index >= 15 is 0 Å². The smallest absolute Gasteiger partial charge is 0.311 e. The van der Waals surface area contributed by atoms with Gasteiger partial charge in [0.05, 0.1) is 18.1 Å². The summed E-state index contributed by atoms with van der Waals surface area (Å²) in [7, 11) is 1.91. The van der Waals surface area contributed by atoms with Crippen LogP contribution >= 0.6 is 0 Å². The number of hydrogen-bond acceptors (Lipinski definition) is 5. The lowest BCUT2D eigenvalue weighted by Gasteiger charge is -2.52. The molecule has 7 atom stereocenters. The van der Waals surface area contributed by atoms with Gasteiger partial charge >= 0.3 is 5.97 Å². The van der Waals surface area contributed by atoms with Crippen LogP contribution in [0.4, 0.5) is 0 Å². The Morgan fingerprint density at radius 2 is 2.03 bits per heavy atom. The number of aliphatic hydroxyl groups excluding tert-OH is 2. The molecule has 0 radical (unpaired) electrons. The van der Waals surface area contributed by atoms with Crippen molar-refractivity contribution < 1.29 is 19.7 Å². The third kappa shape index (κ3) is 3.54. The van der Waals surface area contributed by atoms with Gasteiger partial charge in [-0.2, -0.15) is 0 Å². The van der Waals surface area contributed by atoms with Crippen LogP contribution in [0.3, 0.4) is 0 Å². The van der Waals surface area contributed by atoms with E-state index < -0.39 is 12.2 Å². The molecule has 0 aromatic heterocycles. The Morgan fingerprint density at radius 3 is 2.76 bits per heavy atom. The second-order valence-corrected chi connectivity index (χ2v) is 9.45. The van der Waals surface area contributed by atoms with Crippen LogP contribution in [0.2, 0.25) is 0 Å². The zero-order chi connectivity index (χ0) is 20.8. The fraction of sp³-hybridized carbons (Fsp3) is 0.625. The number of ether oxygens (including phenoxy) is 1. The SMILES string of the molecule is C[C@@H]1CCC=C2C[C@H]3OC(=O)[C@@H](CN(C)C[C@H](O)c4ccccc4)[C@H]3[C@H](O)[C@@]21C. The van der Waals surface area contributed by atoms with Crippen LogP contribution in [0, 0.1) is 23.2 Å². The number of likely N-dealkylation sites (N-methyl/N-ethyl adjacent to an activating group) is 1. The molecule has 5 heteroatoms. The van der Waals surface area contributed by atoms with Crippen LogP contribution < -0.4 is 0 Å². The van der Waals surface area contributed by atoms with Gasteiger partial charge in [-0.3, -0.25) is 4.79 Å². The Hall–Kier alpha value is -1.69. The summed E-state index contributed by atoms with van der Waals surface area (Å²) in [5.74, 6) is -0.389. The maximum absolute atomic E-state index is 12.7. The van der Waals surface area contributed by atoms with Crippen molar-refractivity contribution in [3.05, 3.63) is 47.5 Å². The molecule has 2 aliphatic carbocycles. The molecule has 1 saturated carbocycles. The summed E-state index contributed by atoms with van der Waals surface area (Å²) in [5.41, 5.74) is 1.84. The predicted molar refractivity (Wildman–Crippen MR) is 111 cm³/mol. The first-order chi connectivity index (χ1) is 13.8. The molecule has 1 heterocycles. The van der Waals surface area contributed by atoms with E-state index in [0.29, 0.717) is 19.0 Å². The van der Waals surface area contributed by atoms with Crippen LogP contribution in [-0.4, -0.2) is 53.4 Å². The Bertz CT molecular complexity index is 778. The number of fused-ring (bicyclic) bond motifs is 2. The number of esters is 1. The molecule has 0 amide bonds. The molecule has 3 aliphatic rings.